The SMILES string of the molecule is C[C@@H]1[C@H](C=O)C[C@@H]2C[C@H]1C2(C)C. The minimum Gasteiger partial charge on any atom is -0.303 e. The Hall–Kier alpha value is -0.330. The molecule has 0 amide bonds. The van der Waals surface area contributed by atoms with Crippen molar-refractivity contribution in [3.05, 3.63) is 0 Å². The summed E-state index contributed by atoms with van der Waals surface area (Å²) in [6.45, 7) is 6.98. The molecule has 12 heavy (non-hydrogen) atoms. The second-order valence-corrected chi connectivity index (χ2v) is 5.26. The van der Waals surface area contributed by atoms with Gasteiger partial charge in [0.2, 0.25) is 0 Å². The molecule has 3 fully saturated rings. The predicted molar refractivity (Wildman–Crippen MR) is 48.7 cm³/mol. The summed E-state index contributed by atoms with van der Waals surface area (Å²) in [6.07, 6.45) is 3.70. The molecule has 0 heterocycles. The van der Waals surface area contributed by atoms with Gasteiger partial charge in [-0.2, -0.15) is 0 Å². The molecule has 4 atom stereocenters. The molecule has 0 aromatic rings. The fourth-order valence-corrected chi connectivity index (χ4v) is 3.37. The lowest BCUT2D eigenvalue weighted by molar-refractivity contribution is -0.142. The van der Waals surface area contributed by atoms with Crippen molar-refractivity contribution >= 4 is 6.29 Å². The second kappa shape index (κ2) is 2.34. The van der Waals surface area contributed by atoms with Crippen molar-refractivity contribution in [2.45, 2.75) is 33.6 Å². The topological polar surface area (TPSA) is 17.1 Å². The third-order valence-corrected chi connectivity index (χ3v) is 4.59. The van der Waals surface area contributed by atoms with Crippen LogP contribution < -0.4 is 0 Å². The summed E-state index contributed by atoms with van der Waals surface area (Å²) in [7, 11) is 0. The van der Waals surface area contributed by atoms with Gasteiger partial charge in [-0.25, -0.2) is 0 Å². The largest absolute Gasteiger partial charge is 0.303 e. The highest BCUT2D eigenvalue weighted by Crippen LogP contribution is 2.62. The summed E-state index contributed by atoms with van der Waals surface area (Å²) in [5, 5.41) is 0. The third-order valence-electron chi connectivity index (χ3n) is 4.59. The second-order valence-electron chi connectivity index (χ2n) is 5.26. The molecule has 1 heteroatoms. The highest BCUT2D eigenvalue weighted by molar-refractivity contribution is 5.55. The van der Waals surface area contributed by atoms with Gasteiger partial charge in [0.1, 0.15) is 6.29 Å². The molecule has 0 radical (unpaired) electrons. The zero-order valence-corrected chi connectivity index (χ0v) is 8.21. The molecule has 0 aliphatic heterocycles. The molecule has 0 unspecified atom stereocenters. The molecule has 3 aliphatic carbocycles. The van der Waals surface area contributed by atoms with E-state index in [1.807, 2.05) is 0 Å². The Morgan fingerprint density at radius 3 is 2.42 bits per heavy atom. The van der Waals surface area contributed by atoms with E-state index in [0.29, 0.717) is 17.3 Å². The number of carbonyl (C=O) groups is 1. The third kappa shape index (κ3) is 0.826. The number of aldehydes is 1. The standard InChI is InChI=1S/C11H18O/c1-7-8(6-12)4-9-5-10(7)11(9,2)3/h6-10H,4-5H2,1-3H3/t7-,8+,9-,10-/m1/s1. The van der Waals surface area contributed by atoms with Crippen molar-refractivity contribution < 1.29 is 4.79 Å². The van der Waals surface area contributed by atoms with Gasteiger partial charge >= 0.3 is 0 Å². The van der Waals surface area contributed by atoms with Crippen LogP contribution in [0.2, 0.25) is 0 Å². The minimum absolute atomic E-state index is 0.363. The van der Waals surface area contributed by atoms with Crippen LogP contribution >= 0.6 is 0 Å². The van der Waals surface area contributed by atoms with Crippen LogP contribution in [0.3, 0.4) is 0 Å². The molecule has 2 bridgehead atoms. The smallest absolute Gasteiger partial charge is 0.123 e. The maximum absolute atomic E-state index is 10.7. The van der Waals surface area contributed by atoms with Crippen molar-refractivity contribution in [3.8, 4) is 0 Å². The normalized spacial score (nSPS) is 49.6. The van der Waals surface area contributed by atoms with E-state index in [4.69, 9.17) is 0 Å². The summed E-state index contributed by atoms with van der Waals surface area (Å²) in [5.74, 6) is 2.63. The van der Waals surface area contributed by atoms with E-state index >= 15 is 0 Å². The Morgan fingerprint density at radius 1 is 1.33 bits per heavy atom. The molecule has 3 saturated carbocycles. The van der Waals surface area contributed by atoms with Crippen LogP contribution in [-0.2, 0) is 4.79 Å². The Labute approximate surface area is 74.5 Å². The Kier molecular flexibility index (Phi) is 1.61. The van der Waals surface area contributed by atoms with Gasteiger partial charge < -0.3 is 4.79 Å². The van der Waals surface area contributed by atoms with E-state index in [-0.39, 0.29) is 0 Å². The number of carbonyl (C=O) groups excluding carboxylic acids is 1. The van der Waals surface area contributed by atoms with Gasteiger partial charge in [-0.15, -0.1) is 0 Å². The van der Waals surface area contributed by atoms with E-state index in [1.165, 1.54) is 12.7 Å². The van der Waals surface area contributed by atoms with Gasteiger partial charge in [0.25, 0.3) is 0 Å². The number of hydrogen-bond donors (Lipinski definition) is 0. The fourth-order valence-electron chi connectivity index (χ4n) is 3.37. The molecule has 0 aromatic heterocycles. The molecule has 0 saturated heterocycles. The van der Waals surface area contributed by atoms with Gasteiger partial charge in [-0.05, 0) is 36.0 Å². The first-order valence-electron chi connectivity index (χ1n) is 5.02. The lowest BCUT2D eigenvalue weighted by atomic mass is 9.44. The first-order valence-corrected chi connectivity index (χ1v) is 5.02. The van der Waals surface area contributed by atoms with Gasteiger partial charge in [-0.3, -0.25) is 0 Å². The quantitative estimate of drug-likeness (QED) is 0.547. The summed E-state index contributed by atoms with van der Waals surface area (Å²) in [4.78, 5) is 10.7. The summed E-state index contributed by atoms with van der Waals surface area (Å²) < 4.78 is 0. The maximum atomic E-state index is 10.7. The molecular formula is C11H18O. The van der Waals surface area contributed by atoms with E-state index in [9.17, 15) is 4.79 Å². The summed E-state index contributed by atoms with van der Waals surface area (Å²) in [5.41, 5.74) is 0.527. The Bertz CT molecular complexity index is 207. The molecule has 3 aliphatic rings. The van der Waals surface area contributed by atoms with E-state index in [2.05, 4.69) is 20.8 Å². The fraction of sp³-hybridized carbons (Fsp3) is 0.909. The minimum atomic E-state index is 0.363. The predicted octanol–water partition coefficient (Wildman–Crippen LogP) is 2.50. The van der Waals surface area contributed by atoms with E-state index < -0.39 is 0 Å². The molecule has 1 nitrogen and oxygen atoms in total. The van der Waals surface area contributed by atoms with Crippen molar-refractivity contribution in [3.63, 3.8) is 0 Å². The first-order chi connectivity index (χ1) is 5.57. The van der Waals surface area contributed by atoms with Crippen LogP contribution in [0.5, 0.6) is 0 Å². The van der Waals surface area contributed by atoms with Crippen molar-refractivity contribution in [1.82, 2.24) is 0 Å². The first kappa shape index (κ1) is 8.28. The Morgan fingerprint density at radius 2 is 2.00 bits per heavy atom. The average molecular weight is 166 g/mol. The van der Waals surface area contributed by atoms with Gasteiger partial charge in [0.05, 0.1) is 0 Å². The van der Waals surface area contributed by atoms with Gasteiger partial charge in [0, 0.05) is 5.92 Å². The van der Waals surface area contributed by atoms with Crippen LogP contribution in [0.1, 0.15) is 33.6 Å². The highest BCUT2D eigenvalue weighted by atomic mass is 16.1. The van der Waals surface area contributed by atoms with E-state index in [1.54, 1.807) is 0 Å². The molecular weight excluding hydrogens is 148 g/mol. The summed E-state index contributed by atoms with van der Waals surface area (Å²) >= 11 is 0. The number of fused-ring (bicyclic) bond motifs is 2. The lowest BCUT2D eigenvalue weighted by Gasteiger charge is -2.61. The van der Waals surface area contributed by atoms with Gasteiger partial charge in [-0.1, -0.05) is 20.8 Å². The molecule has 68 valence electrons. The highest BCUT2D eigenvalue weighted by Gasteiger charge is 2.55. The monoisotopic (exact) mass is 166 g/mol. The van der Waals surface area contributed by atoms with Crippen LogP contribution in [0.4, 0.5) is 0 Å². The van der Waals surface area contributed by atoms with Crippen LogP contribution in [0.15, 0.2) is 0 Å². The van der Waals surface area contributed by atoms with Crippen molar-refractivity contribution in [1.29, 1.82) is 0 Å². The van der Waals surface area contributed by atoms with Crippen LogP contribution in [0, 0.1) is 29.1 Å². The number of rotatable bonds is 1. The molecule has 3 rings (SSSR count). The van der Waals surface area contributed by atoms with E-state index in [0.717, 1.165) is 18.3 Å². The average Bonchev–Trinajstić information content (AvgIpc) is 2.03. The lowest BCUT2D eigenvalue weighted by Crippen LogP contribution is -2.55. The zero-order valence-electron chi connectivity index (χ0n) is 8.21. The van der Waals surface area contributed by atoms with Gasteiger partial charge in [0.15, 0.2) is 0 Å². The molecule has 0 N–H and O–H groups in total. The number of hydrogen-bond acceptors (Lipinski definition) is 1. The molecule has 0 spiro atoms. The maximum Gasteiger partial charge on any atom is 0.123 e. The summed E-state index contributed by atoms with van der Waals surface area (Å²) in [6, 6.07) is 0. The van der Waals surface area contributed by atoms with Crippen LogP contribution in [0.25, 0.3) is 0 Å². The van der Waals surface area contributed by atoms with Crippen molar-refractivity contribution in [2.75, 3.05) is 0 Å². The van der Waals surface area contributed by atoms with Crippen molar-refractivity contribution in [2.24, 2.45) is 29.1 Å². The van der Waals surface area contributed by atoms with Crippen LogP contribution in [-0.4, -0.2) is 6.29 Å². The molecule has 0 aromatic carbocycles. The zero-order chi connectivity index (χ0) is 8.93. The Balaban J connectivity index is 2.16.